The van der Waals surface area contributed by atoms with Crippen LogP contribution < -0.4 is 10.1 Å². The van der Waals surface area contributed by atoms with E-state index in [1.807, 2.05) is 37.4 Å². The summed E-state index contributed by atoms with van der Waals surface area (Å²) in [5, 5.41) is 3.10. The molecule has 0 unspecified atom stereocenters. The van der Waals surface area contributed by atoms with Crippen molar-refractivity contribution >= 4 is 5.69 Å². The number of rotatable bonds is 3. The van der Waals surface area contributed by atoms with Gasteiger partial charge in [0.1, 0.15) is 5.75 Å². The van der Waals surface area contributed by atoms with Crippen LogP contribution in [0.25, 0.3) is 11.1 Å². The molecule has 0 saturated heterocycles. The molecule has 2 rings (SSSR count). The molecule has 0 atom stereocenters. The number of hydrogen-bond donors (Lipinski definition) is 1. The smallest absolute Gasteiger partial charge is 0.142 e. The topological polar surface area (TPSA) is 21.3 Å². The van der Waals surface area contributed by atoms with Crippen LogP contribution in [0.3, 0.4) is 0 Å². The molecule has 1 N–H and O–H groups in total. The molecule has 2 nitrogen and oxygen atoms in total. The Labute approximate surface area is 95.9 Å². The quantitative estimate of drug-likeness (QED) is 0.843. The van der Waals surface area contributed by atoms with Crippen molar-refractivity contribution in [2.75, 3.05) is 19.5 Å². The van der Waals surface area contributed by atoms with Crippen molar-refractivity contribution in [2.45, 2.75) is 0 Å². The lowest BCUT2D eigenvalue weighted by Crippen LogP contribution is -1.93. The van der Waals surface area contributed by atoms with Crippen LogP contribution in [-0.4, -0.2) is 14.2 Å². The number of nitrogens with one attached hydrogen (secondary N) is 1. The van der Waals surface area contributed by atoms with Crippen molar-refractivity contribution < 1.29 is 4.74 Å². The molecule has 0 aliphatic carbocycles. The standard InChI is InChI=1S/C14H15NO/c1-15-13-9-8-12(10-14(13)16-2)11-6-4-3-5-7-11/h3-10,15H,1-2H3. The van der Waals surface area contributed by atoms with Gasteiger partial charge in [-0.25, -0.2) is 0 Å². The van der Waals surface area contributed by atoms with Crippen molar-refractivity contribution in [3.8, 4) is 16.9 Å². The molecule has 0 aromatic heterocycles. The number of methoxy groups -OCH3 is 1. The van der Waals surface area contributed by atoms with Crippen LogP contribution in [0.4, 0.5) is 5.69 Å². The van der Waals surface area contributed by atoms with Crippen LogP contribution >= 0.6 is 0 Å². The van der Waals surface area contributed by atoms with Crippen molar-refractivity contribution in [1.82, 2.24) is 0 Å². The zero-order valence-corrected chi connectivity index (χ0v) is 9.53. The first-order valence-electron chi connectivity index (χ1n) is 5.26. The molecule has 0 radical (unpaired) electrons. The maximum Gasteiger partial charge on any atom is 0.142 e. The minimum atomic E-state index is 0.865. The second-order valence-electron chi connectivity index (χ2n) is 3.53. The SMILES string of the molecule is CNc1ccc(-c2ccccc2)cc1OC. The highest BCUT2D eigenvalue weighted by Gasteiger charge is 2.03. The van der Waals surface area contributed by atoms with Crippen LogP contribution in [0.5, 0.6) is 5.75 Å². The average Bonchev–Trinajstić information content (AvgIpc) is 2.39. The Morgan fingerprint density at radius 1 is 0.938 bits per heavy atom. The van der Waals surface area contributed by atoms with E-state index in [0.29, 0.717) is 0 Å². The minimum absolute atomic E-state index is 0.865. The first kappa shape index (κ1) is 10.6. The van der Waals surface area contributed by atoms with Gasteiger partial charge >= 0.3 is 0 Å². The molecular weight excluding hydrogens is 198 g/mol. The Morgan fingerprint density at radius 2 is 1.69 bits per heavy atom. The molecule has 0 fully saturated rings. The Morgan fingerprint density at radius 3 is 2.31 bits per heavy atom. The minimum Gasteiger partial charge on any atom is -0.495 e. The highest BCUT2D eigenvalue weighted by atomic mass is 16.5. The fourth-order valence-electron chi connectivity index (χ4n) is 1.71. The van der Waals surface area contributed by atoms with Crippen molar-refractivity contribution in [3.63, 3.8) is 0 Å². The molecule has 0 spiro atoms. The lowest BCUT2D eigenvalue weighted by Gasteiger charge is -2.10. The third-order valence-corrected chi connectivity index (χ3v) is 2.58. The summed E-state index contributed by atoms with van der Waals surface area (Å²) in [6.45, 7) is 0. The first-order chi connectivity index (χ1) is 7.85. The maximum atomic E-state index is 5.34. The van der Waals surface area contributed by atoms with E-state index < -0.39 is 0 Å². The van der Waals surface area contributed by atoms with Crippen molar-refractivity contribution in [3.05, 3.63) is 48.5 Å². The summed E-state index contributed by atoms with van der Waals surface area (Å²) in [5.74, 6) is 0.865. The van der Waals surface area contributed by atoms with Crippen LogP contribution in [0.2, 0.25) is 0 Å². The van der Waals surface area contributed by atoms with Crippen LogP contribution in [0.15, 0.2) is 48.5 Å². The Kier molecular flexibility index (Phi) is 3.10. The van der Waals surface area contributed by atoms with Gasteiger partial charge in [-0.2, -0.15) is 0 Å². The van der Waals surface area contributed by atoms with Crippen LogP contribution in [0, 0.1) is 0 Å². The zero-order chi connectivity index (χ0) is 11.4. The molecule has 2 aromatic rings. The average molecular weight is 213 g/mol. The summed E-state index contributed by atoms with van der Waals surface area (Å²) in [7, 11) is 3.57. The molecule has 0 bridgehead atoms. The monoisotopic (exact) mass is 213 g/mol. The third kappa shape index (κ3) is 2.01. The molecule has 2 heteroatoms. The number of benzene rings is 2. The third-order valence-electron chi connectivity index (χ3n) is 2.58. The molecule has 2 aromatic carbocycles. The Hall–Kier alpha value is -1.96. The second-order valence-corrected chi connectivity index (χ2v) is 3.53. The number of ether oxygens (including phenoxy) is 1. The van der Waals surface area contributed by atoms with Gasteiger partial charge < -0.3 is 10.1 Å². The van der Waals surface area contributed by atoms with Gasteiger partial charge in [-0.3, -0.25) is 0 Å². The van der Waals surface area contributed by atoms with E-state index in [4.69, 9.17) is 4.74 Å². The molecule has 0 saturated carbocycles. The van der Waals surface area contributed by atoms with E-state index >= 15 is 0 Å². The molecule has 16 heavy (non-hydrogen) atoms. The van der Waals surface area contributed by atoms with Crippen molar-refractivity contribution in [1.29, 1.82) is 0 Å². The van der Waals surface area contributed by atoms with Gasteiger partial charge in [0.25, 0.3) is 0 Å². The molecule has 0 heterocycles. The predicted octanol–water partition coefficient (Wildman–Crippen LogP) is 3.40. The zero-order valence-electron chi connectivity index (χ0n) is 9.53. The second kappa shape index (κ2) is 4.71. The molecule has 0 aliphatic heterocycles. The van der Waals surface area contributed by atoms with Gasteiger partial charge in [-0.15, -0.1) is 0 Å². The summed E-state index contributed by atoms with van der Waals surface area (Å²) >= 11 is 0. The van der Waals surface area contributed by atoms with Gasteiger partial charge in [0.15, 0.2) is 0 Å². The summed E-state index contributed by atoms with van der Waals surface area (Å²) in [6.07, 6.45) is 0. The van der Waals surface area contributed by atoms with E-state index in [0.717, 1.165) is 17.0 Å². The van der Waals surface area contributed by atoms with E-state index in [1.165, 1.54) is 5.56 Å². The number of anilines is 1. The van der Waals surface area contributed by atoms with Gasteiger partial charge in [0.2, 0.25) is 0 Å². The Balaban J connectivity index is 2.44. The van der Waals surface area contributed by atoms with Gasteiger partial charge in [-0.1, -0.05) is 36.4 Å². The van der Waals surface area contributed by atoms with Crippen LogP contribution in [0.1, 0.15) is 0 Å². The predicted molar refractivity (Wildman–Crippen MR) is 68.0 cm³/mol. The summed E-state index contributed by atoms with van der Waals surface area (Å²) in [4.78, 5) is 0. The lowest BCUT2D eigenvalue weighted by atomic mass is 10.1. The fraction of sp³-hybridized carbons (Fsp3) is 0.143. The highest BCUT2D eigenvalue weighted by molar-refractivity contribution is 5.70. The molecule has 0 aliphatic rings. The summed E-state index contributed by atoms with van der Waals surface area (Å²) in [5.41, 5.74) is 3.36. The summed E-state index contributed by atoms with van der Waals surface area (Å²) < 4.78 is 5.34. The highest BCUT2D eigenvalue weighted by Crippen LogP contribution is 2.30. The normalized spacial score (nSPS) is 9.88. The van der Waals surface area contributed by atoms with E-state index in [-0.39, 0.29) is 0 Å². The first-order valence-corrected chi connectivity index (χ1v) is 5.26. The molecule has 82 valence electrons. The van der Waals surface area contributed by atoms with Gasteiger partial charge in [0.05, 0.1) is 12.8 Å². The maximum absolute atomic E-state index is 5.34. The van der Waals surface area contributed by atoms with Gasteiger partial charge in [-0.05, 0) is 23.3 Å². The van der Waals surface area contributed by atoms with Crippen LogP contribution in [-0.2, 0) is 0 Å². The van der Waals surface area contributed by atoms with E-state index in [2.05, 4.69) is 23.5 Å². The Bertz CT molecular complexity index is 465. The lowest BCUT2D eigenvalue weighted by molar-refractivity contribution is 0.417. The van der Waals surface area contributed by atoms with Gasteiger partial charge in [0, 0.05) is 7.05 Å². The van der Waals surface area contributed by atoms with Crippen molar-refractivity contribution in [2.24, 2.45) is 0 Å². The van der Waals surface area contributed by atoms with E-state index in [9.17, 15) is 0 Å². The summed E-state index contributed by atoms with van der Waals surface area (Å²) in [6, 6.07) is 16.4. The largest absolute Gasteiger partial charge is 0.495 e. The number of hydrogen-bond acceptors (Lipinski definition) is 2. The fourth-order valence-corrected chi connectivity index (χ4v) is 1.71. The van der Waals surface area contributed by atoms with E-state index in [1.54, 1.807) is 7.11 Å². The molecular formula is C14H15NO. The molecule has 0 amide bonds.